The zero-order valence-electron chi connectivity index (χ0n) is 12.2. The van der Waals surface area contributed by atoms with Crippen LogP contribution in [-0.4, -0.2) is 31.1 Å². The first-order valence-electron chi connectivity index (χ1n) is 7.29. The van der Waals surface area contributed by atoms with Crippen molar-refractivity contribution in [3.05, 3.63) is 52.2 Å². The molecular weight excluding hydrogens is 278 g/mol. The average molecular weight is 297 g/mol. The first-order valence-corrected chi connectivity index (χ1v) is 8.23. The summed E-state index contributed by atoms with van der Waals surface area (Å²) < 4.78 is 0. The molecule has 1 aromatic heterocycles. The minimum Gasteiger partial charge on any atom is -0.369 e. The molecule has 108 valence electrons. The monoisotopic (exact) mass is 297 g/mol. The summed E-state index contributed by atoms with van der Waals surface area (Å²) in [6, 6.07) is 12.8. The molecule has 3 rings (SSSR count). The van der Waals surface area contributed by atoms with E-state index in [4.69, 9.17) is 5.26 Å². The lowest BCUT2D eigenvalue weighted by Crippen LogP contribution is -2.47. The van der Waals surface area contributed by atoms with Gasteiger partial charge in [-0.3, -0.25) is 4.90 Å². The number of hydrogen-bond donors (Lipinski definition) is 0. The molecule has 1 atom stereocenters. The molecule has 0 amide bonds. The molecule has 0 bridgehead atoms. The second-order valence-electron chi connectivity index (χ2n) is 5.41. The highest BCUT2D eigenvalue weighted by Gasteiger charge is 2.22. The molecule has 0 radical (unpaired) electrons. The molecule has 1 aliphatic rings. The van der Waals surface area contributed by atoms with Crippen LogP contribution in [0.2, 0.25) is 0 Å². The van der Waals surface area contributed by atoms with E-state index < -0.39 is 0 Å². The maximum Gasteiger partial charge on any atom is 0.0991 e. The number of nitriles is 1. The third kappa shape index (κ3) is 3.10. The molecule has 2 heterocycles. The maximum absolute atomic E-state index is 8.86. The van der Waals surface area contributed by atoms with E-state index >= 15 is 0 Å². The molecule has 1 unspecified atom stereocenters. The summed E-state index contributed by atoms with van der Waals surface area (Å²) in [5, 5.41) is 13.3. The fraction of sp³-hybridized carbons (Fsp3) is 0.353. The number of anilines is 1. The van der Waals surface area contributed by atoms with Gasteiger partial charge in [0, 0.05) is 37.9 Å². The number of rotatable bonds is 3. The SMILES string of the molecule is CC(c1ccsc1)N1CCN(c2ccc(C#N)cc2)CC1. The van der Waals surface area contributed by atoms with Crippen molar-refractivity contribution in [2.45, 2.75) is 13.0 Å². The first-order chi connectivity index (χ1) is 10.3. The standard InChI is InChI=1S/C17H19N3S/c1-14(16-6-11-21-13-16)19-7-9-20(10-8-19)17-4-2-15(12-18)3-5-17/h2-6,11,13-14H,7-10H2,1H3. The second-order valence-corrected chi connectivity index (χ2v) is 6.19. The summed E-state index contributed by atoms with van der Waals surface area (Å²) in [7, 11) is 0. The topological polar surface area (TPSA) is 30.3 Å². The van der Waals surface area contributed by atoms with E-state index in [9.17, 15) is 0 Å². The molecule has 0 spiro atoms. The van der Waals surface area contributed by atoms with Gasteiger partial charge in [0.1, 0.15) is 0 Å². The molecule has 1 aliphatic heterocycles. The molecule has 1 aromatic carbocycles. The van der Waals surface area contributed by atoms with Gasteiger partial charge in [0.15, 0.2) is 0 Å². The van der Waals surface area contributed by atoms with Crippen LogP contribution in [0.25, 0.3) is 0 Å². The van der Waals surface area contributed by atoms with Crippen molar-refractivity contribution < 1.29 is 0 Å². The zero-order valence-corrected chi connectivity index (χ0v) is 13.0. The van der Waals surface area contributed by atoms with Crippen molar-refractivity contribution in [1.29, 1.82) is 5.26 Å². The molecule has 4 heteroatoms. The molecule has 21 heavy (non-hydrogen) atoms. The van der Waals surface area contributed by atoms with Gasteiger partial charge in [-0.25, -0.2) is 0 Å². The van der Waals surface area contributed by atoms with Gasteiger partial charge in [0.25, 0.3) is 0 Å². The summed E-state index contributed by atoms with van der Waals surface area (Å²) in [4.78, 5) is 4.94. The van der Waals surface area contributed by atoms with Gasteiger partial charge >= 0.3 is 0 Å². The van der Waals surface area contributed by atoms with E-state index in [1.165, 1.54) is 11.3 Å². The van der Waals surface area contributed by atoms with Crippen LogP contribution in [0.5, 0.6) is 0 Å². The predicted molar refractivity (Wildman–Crippen MR) is 87.7 cm³/mol. The fourth-order valence-corrected chi connectivity index (χ4v) is 3.58. The Balaban J connectivity index is 1.61. The summed E-state index contributed by atoms with van der Waals surface area (Å²) in [6.07, 6.45) is 0. The van der Waals surface area contributed by atoms with Crippen LogP contribution in [0.4, 0.5) is 5.69 Å². The molecule has 0 N–H and O–H groups in total. The number of piperazine rings is 1. The van der Waals surface area contributed by atoms with E-state index in [0.29, 0.717) is 6.04 Å². The number of hydrogen-bond acceptors (Lipinski definition) is 4. The van der Waals surface area contributed by atoms with Gasteiger partial charge < -0.3 is 4.90 Å². The predicted octanol–water partition coefficient (Wildman–Crippen LogP) is 3.50. The number of benzene rings is 1. The Morgan fingerprint density at radius 3 is 2.38 bits per heavy atom. The number of thiophene rings is 1. The molecule has 1 fully saturated rings. The molecule has 0 aliphatic carbocycles. The Hall–Kier alpha value is -1.83. The van der Waals surface area contributed by atoms with Crippen molar-refractivity contribution in [1.82, 2.24) is 4.90 Å². The maximum atomic E-state index is 8.86. The largest absolute Gasteiger partial charge is 0.369 e. The van der Waals surface area contributed by atoms with Crippen molar-refractivity contribution in [2.24, 2.45) is 0 Å². The van der Waals surface area contributed by atoms with E-state index in [2.05, 4.69) is 51.8 Å². The van der Waals surface area contributed by atoms with Crippen LogP contribution in [-0.2, 0) is 0 Å². The molecule has 0 saturated carbocycles. The van der Waals surface area contributed by atoms with Gasteiger partial charge in [0.05, 0.1) is 11.6 Å². The first kappa shape index (κ1) is 14.1. The van der Waals surface area contributed by atoms with E-state index in [1.54, 1.807) is 11.3 Å². The number of nitrogens with zero attached hydrogens (tertiary/aromatic N) is 3. The minimum atomic E-state index is 0.499. The van der Waals surface area contributed by atoms with Gasteiger partial charge in [-0.15, -0.1) is 0 Å². The van der Waals surface area contributed by atoms with Crippen molar-refractivity contribution >= 4 is 17.0 Å². The highest BCUT2D eigenvalue weighted by atomic mass is 32.1. The molecule has 2 aromatic rings. The normalized spacial score (nSPS) is 17.4. The lowest BCUT2D eigenvalue weighted by molar-refractivity contribution is 0.199. The summed E-state index contributed by atoms with van der Waals surface area (Å²) in [5.41, 5.74) is 3.37. The van der Waals surface area contributed by atoms with E-state index in [1.807, 2.05) is 12.1 Å². The van der Waals surface area contributed by atoms with Gasteiger partial charge in [0.2, 0.25) is 0 Å². The van der Waals surface area contributed by atoms with Crippen molar-refractivity contribution in [3.63, 3.8) is 0 Å². The second kappa shape index (κ2) is 6.30. The summed E-state index contributed by atoms with van der Waals surface area (Å²) in [6.45, 7) is 6.54. The van der Waals surface area contributed by atoms with Crippen LogP contribution in [0.1, 0.15) is 24.1 Å². The Morgan fingerprint density at radius 1 is 1.10 bits per heavy atom. The third-order valence-electron chi connectivity index (χ3n) is 4.25. The zero-order chi connectivity index (χ0) is 14.7. The Labute approximate surface area is 130 Å². The lowest BCUT2D eigenvalue weighted by atomic mass is 10.1. The third-order valence-corrected chi connectivity index (χ3v) is 4.95. The van der Waals surface area contributed by atoms with Crippen LogP contribution in [0.15, 0.2) is 41.1 Å². The average Bonchev–Trinajstić information content (AvgIpc) is 3.09. The van der Waals surface area contributed by atoms with Crippen molar-refractivity contribution in [2.75, 3.05) is 31.1 Å². The minimum absolute atomic E-state index is 0.499. The molecular formula is C17H19N3S. The van der Waals surface area contributed by atoms with Crippen molar-refractivity contribution in [3.8, 4) is 6.07 Å². The lowest BCUT2D eigenvalue weighted by Gasteiger charge is -2.39. The van der Waals surface area contributed by atoms with Crippen LogP contribution < -0.4 is 4.90 Å². The van der Waals surface area contributed by atoms with Gasteiger partial charge in [-0.05, 0) is 53.6 Å². The summed E-state index contributed by atoms with van der Waals surface area (Å²) >= 11 is 1.77. The quantitative estimate of drug-likeness (QED) is 0.868. The smallest absolute Gasteiger partial charge is 0.0991 e. The van der Waals surface area contributed by atoms with Crippen LogP contribution >= 0.6 is 11.3 Å². The van der Waals surface area contributed by atoms with E-state index in [0.717, 1.165) is 31.7 Å². The van der Waals surface area contributed by atoms with Gasteiger partial charge in [-0.1, -0.05) is 0 Å². The molecule has 1 saturated heterocycles. The highest BCUT2D eigenvalue weighted by molar-refractivity contribution is 7.07. The van der Waals surface area contributed by atoms with Crippen LogP contribution in [0.3, 0.4) is 0 Å². The molecule has 3 nitrogen and oxygen atoms in total. The van der Waals surface area contributed by atoms with Gasteiger partial charge in [-0.2, -0.15) is 16.6 Å². The Kier molecular flexibility index (Phi) is 4.23. The Bertz CT molecular complexity index is 604. The summed E-state index contributed by atoms with van der Waals surface area (Å²) in [5.74, 6) is 0. The fourth-order valence-electron chi connectivity index (χ4n) is 2.84. The Morgan fingerprint density at radius 2 is 1.81 bits per heavy atom. The van der Waals surface area contributed by atoms with E-state index in [-0.39, 0.29) is 0 Å². The van der Waals surface area contributed by atoms with Crippen LogP contribution in [0, 0.1) is 11.3 Å². The highest BCUT2D eigenvalue weighted by Crippen LogP contribution is 2.25.